The summed E-state index contributed by atoms with van der Waals surface area (Å²) in [5.41, 5.74) is 2.41. The molecule has 1 aliphatic rings. The fraction of sp³-hybridized carbons (Fsp3) is 0.636. The molecule has 1 saturated heterocycles. The molecule has 100 valence electrons. The van der Waals surface area contributed by atoms with Gasteiger partial charge >= 0.3 is 0 Å². The maximum Gasteiger partial charge on any atom is 0.239 e. The van der Waals surface area contributed by atoms with E-state index in [0.29, 0.717) is 16.8 Å². The van der Waals surface area contributed by atoms with E-state index in [1.54, 1.807) is 0 Å². The Morgan fingerprint density at radius 3 is 2.89 bits per heavy atom. The Labute approximate surface area is 112 Å². The molecule has 0 saturated carbocycles. The zero-order valence-electron chi connectivity index (χ0n) is 10.5. The van der Waals surface area contributed by atoms with Crippen LogP contribution >= 0.6 is 11.6 Å². The van der Waals surface area contributed by atoms with Crippen molar-refractivity contribution in [2.24, 2.45) is 5.84 Å². The summed E-state index contributed by atoms with van der Waals surface area (Å²) in [5, 5.41) is 3.79. The molecular formula is C11H19ClN6. The largest absolute Gasteiger partial charge is 0.365 e. The maximum atomic E-state index is 6.04. The zero-order chi connectivity index (χ0) is 13.0. The van der Waals surface area contributed by atoms with Crippen molar-refractivity contribution in [1.82, 2.24) is 14.9 Å². The van der Waals surface area contributed by atoms with Crippen LogP contribution in [0.2, 0.25) is 5.02 Å². The van der Waals surface area contributed by atoms with Crippen LogP contribution in [0.4, 0.5) is 11.8 Å². The van der Waals surface area contributed by atoms with Gasteiger partial charge in [0.1, 0.15) is 5.02 Å². The molecule has 0 amide bonds. The van der Waals surface area contributed by atoms with E-state index in [1.807, 2.05) is 0 Å². The third kappa shape index (κ3) is 3.44. The number of nitrogens with two attached hydrogens (primary N) is 1. The molecule has 2 heterocycles. The highest BCUT2D eigenvalue weighted by Gasteiger charge is 2.15. The standard InChI is InChI=1S/C11H19ClN6/c1-8(7-18-4-2-3-5-18)15-10-9(12)6-14-11(16-10)17-13/h6,8H,2-5,7,13H2,1H3,(H2,14,15,16,17). The number of hydrogen-bond acceptors (Lipinski definition) is 6. The van der Waals surface area contributed by atoms with Gasteiger partial charge in [0.25, 0.3) is 0 Å². The van der Waals surface area contributed by atoms with Crippen molar-refractivity contribution < 1.29 is 0 Å². The molecule has 2 rings (SSSR count). The van der Waals surface area contributed by atoms with Gasteiger partial charge < -0.3 is 10.2 Å². The minimum atomic E-state index is 0.279. The first kappa shape index (κ1) is 13.3. The smallest absolute Gasteiger partial charge is 0.239 e. The fourth-order valence-corrected chi connectivity index (χ4v) is 2.32. The number of anilines is 2. The number of likely N-dealkylation sites (tertiary alicyclic amines) is 1. The van der Waals surface area contributed by atoms with Crippen LogP contribution in [-0.4, -0.2) is 40.5 Å². The summed E-state index contributed by atoms with van der Waals surface area (Å²) in [4.78, 5) is 10.6. The summed E-state index contributed by atoms with van der Waals surface area (Å²) < 4.78 is 0. The van der Waals surface area contributed by atoms with Gasteiger partial charge in [-0.05, 0) is 32.9 Å². The first-order chi connectivity index (χ1) is 8.69. The van der Waals surface area contributed by atoms with Gasteiger partial charge in [-0.15, -0.1) is 0 Å². The molecule has 1 unspecified atom stereocenters. The highest BCUT2D eigenvalue weighted by atomic mass is 35.5. The molecule has 0 radical (unpaired) electrons. The summed E-state index contributed by atoms with van der Waals surface area (Å²) in [6, 6.07) is 0.279. The first-order valence-electron chi connectivity index (χ1n) is 6.17. The van der Waals surface area contributed by atoms with Gasteiger partial charge in [0.05, 0.1) is 6.20 Å². The normalized spacial score (nSPS) is 17.7. The molecule has 0 aromatic carbocycles. The number of hydrogen-bond donors (Lipinski definition) is 3. The Morgan fingerprint density at radius 1 is 1.50 bits per heavy atom. The quantitative estimate of drug-likeness (QED) is 0.553. The van der Waals surface area contributed by atoms with Gasteiger partial charge in [-0.2, -0.15) is 4.98 Å². The Kier molecular flexibility index (Phi) is 4.57. The molecule has 1 atom stereocenters. The summed E-state index contributed by atoms with van der Waals surface area (Å²) in [5.74, 6) is 6.25. The highest BCUT2D eigenvalue weighted by molar-refractivity contribution is 6.32. The van der Waals surface area contributed by atoms with Gasteiger partial charge in [-0.1, -0.05) is 11.6 Å². The van der Waals surface area contributed by atoms with Crippen molar-refractivity contribution in [3.63, 3.8) is 0 Å². The van der Waals surface area contributed by atoms with E-state index in [2.05, 4.69) is 32.5 Å². The van der Waals surface area contributed by atoms with Crippen LogP contribution in [0.3, 0.4) is 0 Å². The van der Waals surface area contributed by atoms with Crippen LogP contribution in [-0.2, 0) is 0 Å². The van der Waals surface area contributed by atoms with E-state index in [1.165, 1.54) is 32.1 Å². The molecule has 1 fully saturated rings. The summed E-state index contributed by atoms with van der Waals surface area (Å²) >= 11 is 6.04. The zero-order valence-corrected chi connectivity index (χ0v) is 11.2. The Hall–Kier alpha value is -1.11. The van der Waals surface area contributed by atoms with E-state index in [4.69, 9.17) is 17.4 Å². The van der Waals surface area contributed by atoms with Gasteiger partial charge in [-0.3, -0.25) is 5.43 Å². The van der Waals surface area contributed by atoms with Gasteiger partial charge in [-0.25, -0.2) is 10.8 Å². The molecule has 4 N–H and O–H groups in total. The van der Waals surface area contributed by atoms with E-state index < -0.39 is 0 Å². The van der Waals surface area contributed by atoms with E-state index >= 15 is 0 Å². The summed E-state index contributed by atoms with van der Waals surface area (Å²) in [7, 11) is 0. The SMILES string of the molecule is CC(CN1CCCC1)Nc1nc(NN)ncc1Cl. The minimum Gasteiger partial charge on any atom is -0.365 e. The number of nitrogens with one attached hydrogen (secondary N) is 2. The summed E-state index contributed by atoms with van der Waals surface area (Å²) in [6.07, 6.45) is 4.12. The molecule has 7 heteroatoms. The molecule has 1 aliphatic heterocycles. The van der Waals surface area contributed by atoms with Gasteiger partial charge in [0.2, 0.25) is 5.95 Å². The Bertz CT molecular complexity index is 393. The van der Waals surface area contributed by atoms with Gasteiger partial charge in [0.15, 0.2) is 5.82 Å². The van der Waals surface area contributed by atoms with E-state index in [-0.39, 0.29) is 6.04 Å². The average molecular weight is 271 g/mol. The third-order valence-electron chi connectivity index (χ3n) is 2.99. The molecule has 6 nitrogen and oxygen atoms in total. The lowest BCUT2D eigenvalue weighted by molar-refractivity contribution is 0.327. The lowest BCUT2D eigenvalue weighted by Crippen LogP contribution is -2.33. The molecule has 0 bridgehead atoms. The van der Waals surface area contributed by atoms with Crippen LogP contribution in [0.25, 0.3) is 0 Å². The number of aromatic nitrogens is 2. The van der Waals surface area contributed by atoms with E-state index in [0.717, 1.165) is 6.54 Å². The second-order valence-electron chi connectivity index (χ2n) is 4.59. The predicted molar refractivity (Wildman–Crippen MR) is 73.6 cm³/mol. The number of nitrogen functional groups attached to an aromatic ring is 1. The first-order valence-corrected chi connectivity index (χ1v) is 6.55. The molecule has 1 aromatic heterocycles. The molecular weight excluding hydrogens is 252 g/mol. The van der Waals surface area contributed by atoms with Crippen LogP contribution < -0.4 is 16.6 Å². The lowest BCUT2D eigenvalue weighted by Gasteiger charge is -2.22. The summed E-state index contributed by atoms with van der Waals surface area (Å²) in [6.45, 7) is 5.47. The highest BCUT2D eigenvalue weighted by Crippen LogP contribution is 2.20. The monoisotopic (exact) mass is 270 g/mol. The van der Waals surface area contributed by atoms with Crippen molar-refractivity contribution in [3.05, 3.63) is 11.2 Å². The van der Waals surface area contributed by atoms with Crippen molar-refractivity contribution in [1.29, 1.82) is 0 Å². The van der Waals surface area contributed by atoms with Crippen molar-refractivity contribution in [2.45, 2.75) is 25.8 Å². The minimum absolute atomic E-state index is 0.279. The number of nitrogens with zero attached hydrogens (tertiary/aromatic N) is 3. The molecule has 1 aromatic rings. The average Bonchev–Trinajstić information content (AvgIpc) is 2.84. The Balaban J connectivity index is 1.94. The van der Waals surface area contributed by atoms with Crippen LogP contribution in [0.5, 0.6) is 0 Å². The molecule has 0 spiro atoms. The third-order valence-corrected chi connectivity index (χ3v) is 3.26. The van der Waals surface area contributed by atoms with Crippen molar-refractivity contribution in [2.75, 3.05) is 30.4 Å². The lowest BCUT2D eigenvalue weighted by atomic mass is 10.3. The van der Waals surface area contributed by atoms with Crippen LogP contribution in [0.1, 0.15) is 19.8 Å². The van der Waals surface area contributed by atoms with Crippen LogP contribution in [0, 0.1) is 0 Å². The second kappa shape index (κ2) is 6.17. The topological polar surface area (TPSA) is 79.1 Å². The fourth-order valence-electron chi connectivity index (χ4n) is 2.17. The number of halogens is 1. The maximum absolute atomic E-state index is 6.04. The van der Waals surface area contributed by atoms with E-state index in [9.17, 15) is 0 Å². The predicted octanol–water partition coefficient (Wildman–Crippen LogP) is 1.31. The number of hydrazine groups is 1. The Morgan fingerprint density at radius 2 is 2.22 bits per heavy atom. The van der Waals surface area contributed by atoms with Crippen molar-refractivity contribution in [3.8, 4) is 0 Å². The molecule has 0 aliphatic carbocycles. The van der Waals surface area contributed by atoms with Gasteiger partial charge in [0, 0.05) is 12.6 Å². The molecule has 18 heavy (non-hydrogen) atoms. The van der Waals surface area contributed by atoms with Crippen molar-refractivity contribution >= 4 is 23.4 Å². The second-order valence-corrected chi connectivity index (χ2v) is 4.99. The number of rotatable bonds is 5. The van der Waals surface area contributed by atoms with Crippen LogP contribution in [0.15, 0.2) is 6.20 Å².